The van der Waals surface area contributed by atoms with Gasteiger partial charge in [0.15, 0.2) is 0 Å². The van der Waals surface area contributed by atoms with Gasteiger partial charge in [0.1, 0.15) is 0 Å². The lowest BCUT2D eigenvalue weighted by molar-refractivity contribution is 0.428. The SMILES string of the molecule is CCN(c1nnnn1C)C1CCCNC1. The van der Waals surface area contributed by atoms with Crippen molar-refractivity contribution in [3.8, 4) is 0 Å². The lowest BCUT2D eigenvalue weighted by Gasteiger charge is -2.33. The van der Waals surface area contributed by atoms with E-state index in [-0.39, 0.29) is 0 Å². The van der Waals surface area contributed by atoms with Crippen molar-refractivity contribution < 1.29 is 0 Å². The zero-order chi connectivity index (χ0) is 10.7. The van der Waals surface area contributed by atoms with Crippen LogP contribution in [0.4, 0.5) is 5.95 Å². The van der Waals surface area contributed by atoms with Gasteiger partial charge in [-0.3, -0.25) is 0 Å². The molecule has 6 heteroatoms. The summed E-state index contributed by atoms with van der Waals surface area (Å²) in [5, 5.41) is 15.0. The molecule has 0 spiro atoms. The Hall–Kier alpha value is -1.17. The number of aryl methyl sites for hydroxylation is 1. The summed E-state index contributed by atoms with van der Waals surface area (Å²) in [4.78, 5) is 2.27. The second-order valence-electron chi connectivity index (χ2n) is 3.89. The standard InChI is InChI=1S/C9H18N6/c1-3-15(8-5-4-6-10-7-8)9-11-12-13-14(9)2/h8,10H,3-7H2,1-2H3. The minimum atomic E-state index is 0.522. The Morgan fingerprint density at radius 1 is 1.60 bits per heavy atom. The smallest absolute Gasteiger partial charge is 0.245 e. The molecule has 1 atom stereocenters. The maximum atomic E-state index is 4.06. The Kier molecular flexibility index (Phi) is 3.15. The molecule has 2 rings (SSSR count). The average Bonchev–Trinajstić information content (AvgIpc) is 2.68. The van der Waals surface area contributed by atoms with Gasteiger partial charge in [0.2, 0.25) is 5.95 Å². The maximum Gasteiger partial charge on any atom is 0.245 e. The van der Waals surface area contributed by atoms with Gasteiger partial charge in [-0.2, -0.15) is 0 Å². The second-order valence-corrected chi connectivity index (χ2v) is 3.89. The van der Waals surface area contributed by atoms with E-state index >= 15 is 0 Å². The third-order valence-electron chi connectivity index (χ3n) is 2.91. The van der Waals surface area contributed by atoms with E-state index in [1.165, 1.54) is 12.8 Å². The number of anilines is 1. The van der Waals surface area contributed by atoms with Crippen molar-refractivity contribution in [2.45, 2.75) is 25.8 Å². The zero-order valence-electron chi connectivity index (χ0n) is 9.35. The van der Waals surface area contributed by atoms with Gasteiger partial charge in [0.05, 0.1) is 0 Å². The molecule has 2 heterocycles. The molecule has 0 aliphatic carbocycles. The summed E-state index contributed by atoms with van der Waals surface area (Å²) >= 11 is 0. The Bertz CT molecular complexity index is 303. The summed E-state index contributed by atoms with van der Waals surface area (Å²) in [6.07, 6.45) is 2.44. The van der Waals surface area contributed by atoms with Crippen molar-refractivity contribution in [2.75, 3.05) is 24.5 Å². The first-order valence-electron chi connectivity index (χ1n) is 5.52. The minimum Gasteiger partial charge on any atom is -0.336 e. The van der Waals surface area contributed by atoms with Crippen LogP contribution >= 0.6 is 0 Å². The molecule has 15 heavy (non-hydrogen) atoms. The van der Waals surface area contributed by atoms with E-state index in [4.69, 9.17) is 0 Å². The van der Waals surface area contributed by atoms with Crippen molar-refractivity contribution in [3.05, 3.63) is 0 Å². The Morgan fingerprint density at radius 3 is 3.00 bits per heavy atom. The van der Waals surface area contributed by atoms with E-state index in [9.17, 15) is 0 Å². The molecule has 1 aromatic heterocycles. The highest BCUT2D eigenvalue weighted by Gasteiger charge is 2.23. The van der Waals surface area contributed by atoms with E-state index < -0.39 is 0 Å². The van der Waals surface area contributed by atoms with Crippen LogP contribution in [-0.2, 0) is 7.05 Å². The monoisotopic (exact) mass is 210 g/mol. The number of nitrogens with zero attached hydrogens (tertiary/aromatic N) is 5. The lowest BCUT2D eigenvalue weighted by Crippen LogP contribution is -2.47. The van der Waals surface area contributed by atoms with Crippen molar-refractivity contribution in [1.29, 1.82) is 0 Å². The lowest BCUT2D eigenvalue weighted by atomic mass is 10.1. The first kappa shape index (κ1) is 10.4. The highest BCUT2D eigenvalue weighted by atomic mass is 15.6. The summed E-state index contributed by atoms with van der Waals surface area (Å²) in [7, 11) is 1.88. The van der Waals surface area contributed by atoms with E-state index in [0.29, 0.717) is 6.04 Å². The van der Waals surface area contributed by atoms with Crippen LogP contribution in [0.2, 0.25) is 0 Å². The predicted molar refractivity (Wildman–Crippen MR) is 57.7 cm³/mol. The third kappa shape index (κ3) is 2.09. The molecule has 0 bridgehead atoms. The molecule has 0 amide bonds. The van der Waals surface area contributed by atoms with Crippen molar-refractivity contribution >= 4 is 5.95 Å². The van der Waals surface area contributed by atoms with Gasteiger partial charge in [0, 0.05) is 26.2 Å². The van der Waals surface area contributed by atoms with Crippen LogP contribution in [0.25, 0.3) is 0 Å². The van der Waals surface area contributed by atoms with Gasteiger partial charge in [-0.25, -0.2) is 4.68 Å². The normalized spacial score (nSPS) is 21.6. The summed E-state index contributed by atoms with van der Waals surface area (Å²) < 4.78 is 1.73. The van der Waals surface area contributed by atoms with Crippen LogP contribution < -0.4 is 10.2 Å². The Labute approximate surface area is 89.6 Å². The number of tetrazole rings is 1. The molecule has 6 nitrogen and oxygen atoms in total. The van der Waals surface area contributed by atoms with Crippen LogP contribution in [0, 0.1) is 0 Å². The zero-order valence-corrected chi connectivity index (χ0v) is 9.35. The summed E-state index contributed by atoms with van der Waals surface area (Å²) in [6, 6.07) is 0.522. The largest absolute Gasteiger partial charge is 0.336 e. The highest BCUT2D eigenvalue weighted by Crippen LogP contribution is 2.16. The molecule has 1 fully saturated rings. The average molecular weight is 210 g/mol. The van der Waals surface area contributed by atoms with Crippen LogP contribution in [0.15, 0.2) is 0 Å². The van der Waals surface area contributed by atoms with Gasteiger partial charge < -0.3 is 10.2 Å². The van der Waals surface area contributed by atoms with Crippen LogP contribution in [0.5, 0.6) is 0 Å². The van der Waals surface area contributed by atoms with Crippen LogP contribution in [0.3, 0.4) is 0 Å². The summed E-state index contributed by atoms with van der Waals surface area (Å²) in [5.74, 6) is 0.867. The Morgan fingerprint density at radius 2 is 2.47 bits per heavy atom. The van der Waals surface area contributed by atoms with Crippen LogP contribution in [-0.4, -0.2) is 45.9 Å². The van der Waals surface area contributed by atoms with Gasteiger partial charge >= 0.3 is 0 Å². The minimum absolute atomic E-state index is 0.522. The van der Waals surface area contributed by atoms with Crippen molar-refractivity contribution in [3.63, 3.8) is 0 Å². The van der Waals surface area contributed by atoms with Gasteiger partial charge in [-0.15, -0.1) is 0 Å². The van der Waals surface area contributed by atoms with E-state index in [1.54, 1.807) is 4.68 Å². The fourth-order valence-corrected chi connectivity index (χ4v) is 2.13. The van der Waals surface area contributed by atoms with Gasteiger partial charge in [-0.05, 0) is 36.7 Å². The number of aromatic nitrogens is 4. The highest BCUT2D eigenvalue weighted by molar-refractivity contribution is 5.30. The topological polar surface area (TPSA) is 58.9 Å². The molecule has 1 unspecified atom stereocenters. The molecule has 1 aliphatic heterocycles. The van der Waals surface area contributed by atoms with E-state index in [2.05, 4.69) is 32.7 Å². The molecular weight excluding hydrogens is 192 g/mol. The third-order valence-corrected chi connectivity index (χ3v) is 2.91. The number of nitrogens with one attached hydrogen (secondary N) is 1. The molecule has 1 saturated heterocycles. The fraction of sp³-hybridized carbons (Fsp3) is 0.889. The number of hydrogen-bond acceptors (Lipinski definition) is 5. The molecule has 1 aromatic rings. The first-order valence-corrected chi connectivity index (χ1v) is 5.52. The number of hydrogen-bond donors (Lipinski definition) is 1. The second kappa shape index (κ2) is 4.57. The van der Waals surface area contributed by atoms with Crippen molar-refractivity contribution in [1.82, 2.24) is 25.5 Å². The van der Waals surface area contributed by atoms with Gasteiger partial charge in [0.25, 0.3) is 0 Å². The van der Waals surface area contributed by atoms with E-state index in [1.807, 2.05) is 7.05 Å². The summed E-state index contributed by atoms with van der Waals surface area (Å²) in [6.45, 7) is 5.25. The predicted octanol–water partition coefficient (Wildman–Crippen LogP) is -0.212. The number of rotatable bonds is 3. The molecule has 0 aromatic carbocycles. The van der Waals surface area contributed by atoms with Gasteiger partial charge in [-0.1, -0.05) is 5.10 Å². The molecular formula is C9H18N6. The maximum absolute atomic E-state index is 4.06. The quantitative estimate of drug-likeness (QED) is 0.748. The molecule has 1 N–H and O–H groups in total. The molecule has 0 radical (unpaired) electrons. The van der Waals surface area contributed by atoms with Crippen LogP contribution in [0.1, 0.15) is 19.8 Å². The number of likely N-dealkylation sites (N-methyl/N-ethyl adjacent to an activating group) is 1. The molecule has 84 valence electrons. The number of piperidine rings is 1. The molecule has 1 aliphatic rings. The summed E-state index contributed by atoms with van der Waals surface area (Å²) in [5.41, 5.74) is 0. The first-order chi connectivity index (χ1) is 7.33. The van der Waals surface area contributed by atoms with Crippen molar-refractivity contribution in [2.24, 2.45) is 7.05 Å². The Balaban J connectivity index is 2.12. The fourth-order valence-electron chi connectivity index (χ4n) is 2.13. The van der Waals surface area contributed by atoms with E-state index in [0.717, 1.165) is 25.6 Å². The molecule has 0 saturated carbocycles.